The maximum Gasteiger partial charge on any atom is 0.417 e. The van der Waals surface area contributed by atoms with Gasteiger partial charge in [-0.1, -0.05) is 23.2 Å². The molecule has 2 aromatic carbocycles. The highest BCUT2D eigenvalue weighted by molar-refractivity contribution is 7.89. The number of alkyl halides is 3. The summed E-state index contributed by atoms with van der Waals surface area (Å²) in [6.07, 6.45) is -4.48. The first-order valence-electron chi connectivity index (χ1n) is 9.02. The Morgan fingerprint density at radius 2 is 1.68 bits per heavy atom. The zero-order valence-electron chi connectivity index (χ0n) is 15.7. The molecule has 31 heavy (non-hydrogen) atoms. The number of hydrogen-bond donors (Lipinski definition) is 1. The second kappa shape index (κ2) is 8.93. The summed E-state index contributed by atoms with van der Waals surface area (Å²) in [5, 5.41) is 2.01. The number of halogens is 6. The van der Waals surface area contributed by atoms with Gasteiger partial charge in [-0.15, -0.1) is 0 Å². The van der Waals surface area contributed by atoms with E-state index in [1.54, 1.807) is 0 Å². The van der Waals surface area contributed by atoms with Crippen molar-refractivity contribution in [3.8, 4) is 0 Å². The molecule has 1 saturated heterocycles. The number of nitrogens with zero attached hydrogens (tertiary/aromatic N) is 1. The van der Waals surface area contributed by atoms with Gasteiger partial charge in [-0.3, -0.25) is 4.79 Å². The van der Waals surface area contributed by atoms with Crippen LogP contribution in [0.5, 0.6) is 0 Å². The number of anilines is 1. The van der Waals surface area contributed by atoms with Gasteiger partial charge in [0.25, 0.3) is 0 Å². The molecule has 168 valence electrons. The Labute approximate surface area is 186 Å². The Bertz CT molecular complexity index is 1100. The van der Waals surface area contributed by atoms with E-state index in [2.05, 4.69) is 5.32 Å². The van der Waals surface area contributed by atoms with Gasteiger partial charge in [0, 0.05) is 19.0 Å². The fourth-order valence-corrected chi connectivity index (χ4v) is 5.15. The molecule has 2 aromatic rings. The van der Waals surface area contributed by atoms with E-state index in [-0.39, 0.29) is 36.6 Å². The third-order valence-electron chi connectivity index (χ3n) is 4.89. The topological polar surface area (TPSA) is 66.5 Å². The first kappa shape index (κ1) is 23.8. The summed E-state index contributed by atoms with van der Waals surface area (Å²) in [7, 11) is -4.20. The fourth-order valence-electron chi connectivity index (χ4n) is 3.22. The molecule has 12 heteroatoms. The Balaban J connectivity index is 1.69. The Hall–Kier alpha value is -1.88. The number of rotatable bonds is 4. The standard InChI is InChI=1S/C19H16Cl2F4N2O3S/c20-15-3-2-13(10-14(15)19(23,24)25)31(29,30)27-7-5-11(6-8-27)18(28)26-17-4-1-12(22)9-16(17)21/h1-4,9-11H,5-8H2,(H,26,28). The smallest absolute Gasteiger partial charge is 0.325 e. The van der Waals surface area contributed by atoms with E-state index in [9.17, 15) is 30.8 Å². The number of nitrogens with one attached hydrogen (secondary N) is 1. The van der Waals surface area contributed by atoms with Gasteiger partial charge in [0.2, 0.25) is 15.9 Å². The fraction of sp³-hybridized carbons (Fsp3) is 0.316. The van der Waals surface area contributed by atoms with Gasteiger partial charge in [-0.25, -0.2) is 12.8 Å². The molecule has 0 saturated carbocycles. The normalized spacial score (nSPS) is 16.3. The van der Waals surface area contributed by atoms with Crippen LogP contribution in [0.2, 0.25) is 10.0 Å². The minimum Gasteiger partial charge on any atom is -0.325 e. The van der Waals surface area contributed by atoms with Gasteiger partial charge in [-0.05, 0) is 49.2 Å². The maximum atomic E-state index is 13.1. The molecule has 5 nitrogen and oxygen atoms in total. The minimum absolute atomic E-state index is 0.0246. The van der Waals surface area contributed by atoms with Crippen molar-refractivity contribution in [2.75, 3.05) is 18.4 Å². The molecule has 1 aliphatic heterocycles. The van der Waals surface area contributed by atoms with E-state index in [0.717, 1.165) is 28.6 Å². The molecular formula is C19H16Cl2F4N2O3S. The molecule has 0 aliphatic carbocycles. The molecule has 0 aromatic heterocycles. The lowest BCUT2D eigenvalue weighted by molar-refractivity contribution is -0.137. The van der Waals surface area contributed by atoms with Crippen LogP contribution in [0.4, 0.5) is 23.2 Å². The number of carbonyl (C=O) groups excluding carboxylic acids is 1. The second-order valence-electron chi connectivity index (χ2n) is 6.93. The van der Waals surface area contributed by atoms with E-state index in [1.807, 2.05) is 0 Å². The van der Waals surface area contributed by atoms with Crippen LogP contribution in [-0.4, -0.2) is 31.7 Å². The first-order valence-corrected chi connectivity index (χ1v) is 11.2. The van der Waals surface area contributed by atoms with Crippen molar-refractivity contribution in [3.63, 3.8) is 0 Å². The average Bonchev–Trinajstić information content (AvgIpc) is 2.69. The van der Waals surface area contributed by atoms with E-state index in [0.29, 0.717) is 6.07 Å². The number of sulfonamides is 1. The van der Waals surface area contributed by atoms with Gasteiger partial charge in [0.05, 0.1) is 26.2 Å². The van der Waals surface area contributed by atoms with E-state index >= 15 is 0 Å². The lowest BCUT2D eigenvalue weighted by Crippen LogP contribution is -2.41. The predicted octanol–water partition coefficient (Wildman–Crippen LogP) is 5.19. The van der Waals surface area contributed by atoms with Crippen LogP contribution in [0, 0.1) is 11.7 Å². The molecule has 0 spiro atoms. The van der Waals surface area contributed by atoms with Gasteiger partial charge in [0.1, 0.15) is 5.82 Å². The molecule has 3 rings (SSSR count). The van der Waals surface area contributed by atoms with Gasteiger partial charge >= 0.3 is 6.18 Å². The number of piperidine rings is 1. The van der Waals surface area contributed by atoms with Crippen molar-refractivity contribution in [1.29, 1.82) is 0 Å². The molecule has 0 unspecified atom stereocenters. The molecule has 0 radical (unpaired) electrons. The summed E-state index contributed by atoms with van der Waals surface area (Å²) in [5.41, 5.74) is -1.01. The average molecular weight is 499 g/mol. The van der Waals surface area contributed by atoms with Crippen LogP contribution < -0.4 is 5.32 Å². The van der Waals surface area contributed by atoms with Crippen LogP contribution in [-0.2, 0) is 21.0 Å². The molecule has 1 heterocycles. The molecule has 1 N–H and O–H groups in total. The Morgan fingerprint density at radius 1 is 1.03 bits per heavy atom. The highest BCUT2D eigenvalue weighted by Gasteiger charge is 2.37. The van der Waals surface area contributed by atoms with Crippen molar-refractivity contribution < 1.29 is 30.8 Å². The summed E-state index contributed by atoms with van der Waals surface area (Å²) in [6.45, 7) is -0.108. The summed E-state index contributed by atoms with van der Waals surface area (Å²) in [6, 6.07) is 5.92. The number of amides is 1. The Morgan fingerprint density at radius 3 is 2.26 bits per heavy atom. The summed E-state index contributed by atoms with van der Waals surface area (Å²) >= 11 is 11.4. The molecule has 0 bridgehead atoms. The third kappa shape index (κ3) is 5.31. The van der Waals surface area contributed by atoms with Crippen LogP contribution in [0.3, 0.4) is 0 Å². The van der Waals surface area contributed by atoms with Crippen molar-refractivity contribution in [2.45, 2.75) is 23.9 Å². The zero-order chi connectivity index (χ0) is 23.0. The highest BCUT2D eigenvalue weighted by atomic mass is 35.5. The van der Waals surface area contributed by atoms with Crippen LogP contribution in [0.1, 0.15) is 18.4 Å². The monoisotopic (exact) mass is 498 g/mol. The minimum atomic E-state index is -4.80. The lowest BCUT2D eigenvalue weighted by atomic mass is 9.97. The third-order valence-corrected chi connectivity index (χ3v) is 7.43. The molecule has 1 fully saturated rings. The summed E-state index contributed by atoms with van der Waals surface area (Å²) in [4.78, 5) is 11.9. The van der Waals surface area contributed by atoms with E-state index in [4.69, 9.17) is 23.2 Å². The Kier molecular flexibility index (Phi) is 6.85. The van der Waals surface area contributed by atoms with Gasteiger partial charge in [-0.2, -0.15) is 17.5 Å². The quantitative estimate of drug-likeness (QED) is 0.589. The summed E-state index contributed by atoms with van der Waals surface area (Å²) in [5.74, 6) is -1.50. The summed E-state index contributed by atoms with van der Waals surface area (Å²) < 4.78 is 78.9. The van der Waals surface area contributed by atoms with E-state index < -0.39 is 49.3 Å². The molecule has 0 atom stereocenters. The van der Waals surface area contributed by atoms with Gasteiger partial charge in [0.15, 0.2) is 0 Å². The first-order chi connectivity index (χ1) is 14.4. The van der Waals surface area contributed by atoms with Crippen molar-refractivity contribution in [1.82, 2.24) is 4.31 Å². The molecule has 1 amide bonds. The van der Waals surface area contributed by atoms with Gasteiger partial charge < -0.3 is 5.32 Å². The maximum absolute atomic E-state index is 13.1. The highest BCUT2D eigenvalue weighted by Crippen LogP contribution is 2.37. The number of benzene rings is 2. The van der Waals surface area contributed by atoms with Crippen LogP contribution in [0.15, 0.2) is 41.3 Å². The SMILES string of the molecule is O=C(Nc1ccc(F)cc1Cl)C1CCN(S(=O)(=O)c2ccc(Cl)c(C(F)(F)F)c2)CC1. The number of carbonyl (C=O) groups is 1. The molecular weight excluding hydrogens is 483 g/mol. The van der Waals surface area contributed by atoms with E-state index in [1.165, 1.54) is 6.07 Å². The number of hydrogen-bond acceptors (Lipinski definition) is 3. The predicted molar refractivity (Wildman–Crippen MR) is 108 cm³/mol. The van der Waals surface area contributed by atoms with Crippen LogP contribution in [0.25, 0.3) is 0 Å². The van der Waals surface area contributed by atoms with Crippen molar-refractivity contribution >= 4 is 44.8 Å². The second-order valence-corrected chi connectivity index (χ2v) is 9.68. The van der Waals surface area contributed by atoms with Crippen molar-refractivity contribution in [3.05, 3.63) is 57.8 Å². The van der Waals surface area contributed by atoms with Crippen molar-refractivity contribution in [2.24, 2.45) is 5.92 Å². The molecule has 1 aliphatic rings. The largest absolute Gasteiger partial charge is 0.417 e. The zero-order valence-corrected chi connectivity index (χ0v) is 18.0. The van der Waals surface area contributed by atoms with Crippen LogP contribution >= 0.6 is 23.2 Å². The lowest BCUT2D eigenvalue weighted by Gasteiger charge is -2.30.